The van der Waals surface area contributed by atoms with Crippen molar-refractivity contribution in [1.82, 2.24) is 0 Å². The van der Waals surface area contributed by atoms with E-state index in [1.54, 1.807) is 0 Å². The van der Waals surface area contributed by atoms with Gasteiger partial charge >= 0.3 is 17.9 Å². The van der Waals surface area contributed by atoms with Crippen LogP contribution in [-0.4, -0.2) is 94.0 Å². The highest BCUT2D eigenvalue weighted by Gasteiger charge is 2.63. The Kier molecular flexibility index (Phi) is 12.6. The summed E-state index contributed by atoms with van der Waals surface area (Å²) < 4.78 is 16.3. The lowest BCUT2D eigenvalue weighted by Gasteiger charge is -2.54. The van der Waals surface area contributed by atoms with Crippen LogP contribution in [0.3, 0.4) is 0 Å². The Morgan fingerprint density at radius 1 is 0.758 bits per heavy atom. The molecular weight excluding hydrogens is 444 g/mol. The molecule has 12 heteroatoms. The fourth-order valence-corrected chi connectivity index (χ4v) is 3.49. The van der Waals surface area contributed by atoms with E-state index >= 15 is 0 Å². The SMILES string of the molecule is CCOC(=CC(C=CC(=O)O)(C=CC(=O)O)C(CO)(CO)C(CO)(OCC)OCC)C(=O)O. The molecular formula is C21H32O12. The number of carboxylic acids is 3. The van der Waals surface area contributed by atoms with Crippen LogP contribution >= 0.6 is 0 Å². The average molecular weight is 476 g/mol. The van der Waals surface area contributed by atoms with E-state index in [1.165, 1.54) is 20.8 Å². The van der Waals surface area contributed by atoms with Gasteiger partial charge in [0.1, 0.15) is 0 Å². The van der Waals surface area contributed by atoms with Crippen molar-refractivity contribution in [2.24, 2.45) is 10.8 Å². The minimum Gasteiger partial charge on any atom is -0.487 e. The molecule has 33 heavy (non-hydrogen) atoms. The van der Waals surface area contributed by atoms with Crippen LogP contribution in [0.15, 0.2) is 36.1 Å². The first-order chi connectivity index (χ1) is 15.5. The van der Waals surface area contributed by atoms with Crippen LogP contribution in [0, 0.1) is 10.8 Å². The van der Waals surface area contributed by atoms with Gasteiger partial charge < -0.3 is 44.8 Å². The number of hydrogen-bond donors (Lipinski definition) is 6. The monoisotopic (exact) mass is 476 g/mol. The molecule has 0 aliphatic carbocycles. The summed E-state index contributed by atoms with van der Waals surface area (Å²) in [7, 11) is 0. The van der Waals surface area contributed by atoms with Gasteiger partial charge in [-0.15, -0.1) is 0 Å². The topological polar surface area (TPSA) is 200 Å². The summed E-state index contributed by atoms with van der Waals surface area (Å²) in [5, 5.41) is 59.4. The highest BCUT2D eigenvalue weighted by atomic mass is 16.7. The summed E-state index contributed by atoms with van der Waals surface area (Å²) in [6.07, 6.45) is 3.66. The molecule has 0 heterocycles. The van der Waals surface area contributed by atoms with Crippen LogP contribution in [0.4, 0.5) is 0 Å². The number of allylic oxidation sites excluding steroid dienone is 3. The lowest BCUT2D eigenvalue weighted by atomic mass is 9.58. The Bertz CT molecular complexity index is 718. The second kappa shape index (κ2) is 13.7. The quantitative estimate of drug-likeness (QED) is 0.0933. The Labute approximate surface area is 191 Å². The third-order valence-corrected chi connectivity index (χ3v) is 4.94. The van der Waals surface area contributed by atoms with E-state index in [0.29, 0.717) is 12.2 Å². The van der Waals surface area contributed by atoms with E-state index in [-0.39, 0.29) is 19.8 Å². The van der Waals surface area contributed by atoms with E-state index < -0.39 is 60.1 Å². The standard InChI is InChI=1S/C21H32O12/c1-4-31-15(18(29)30)11-19(9-7-16(25)26,10-8-17(27)28)20(12-22,13-23)21(14-24,32-5-2)33-6-3/h7-11,22-24H,4-6,12-14H2,1-3H3,(H,25,26)(H,27,28)(H,29,30). The maximum absolute atomic E-state index is 11.8. The highest BCUT2D eigenvalue weighted by molar-refractivity contribution is 5.85. The lowest BCUT2D eigenvalue weighted by Crippen LogP contribution is -2.65. The van der Waals surface area contributed by atoms with Crippen molar-refractivity contribution in [3.8, 4) is 0 Å². The molecule has 0 bridgehead atoms. The van der Waals surface area contributed by atoms with Crippen LogP contribution in [0.1, 0.15) is 20.8 Å². The Balaban J connectivity index is 7.85. The van der Waals surface area contributed by atoms with Gasteiger partial charge in [-0.3, -0.25) is 0 Å². The van der Waals surface area contributed by atoms with Crippen LogP contribution < -0.4 is 0 Å². The zero-order valence-corrected chi connectivity index (χ0v) is 18.8. The summed E-state index contributed by atoms with van der Waals surface area (Å²) in [5.74, 6) is -7.58. The van der Waals surface area contributed by atoms with Crippen molar-refractivity contribution in [1.29, 1.82) is 0 Å². The van der Waals surface area contributed by atoms with Gasteiger partial charge in [0, 0.05) is 30.8 Å². The third kappa shape index (κ3) is 6.85. The van der Waals surface area contributed by atoms with Gasteiger partial charge in [0.05, 0.1) is 31.8 Å². The Morgan fingerprint density at radius 2 is 1.21 bits per heavy atom. The van der Waals surface area contributed by atoms with Gasteiger partial charge in [0.15, 0.2) is 0 Å². The largest absolute Gasteiger partial charge is 0.487 e. The summed E-state index contributed by atoms with van der Waals surface area (Å²) in [4.78, 5) is 34.5. The molecule has 0 aliphatic heterocycles. The molecule has 0 saturated carbocycles. The molecule has 0 aromatic carbocycles. The molecule has 0 aromatic heterocycles. The van der Waals surface area contributed by atoms with Crippen molar-refractivity contribution in [3.63, 3.8) is 0 Å². The predicted molar refractivity (Wildman–Crippen MR) is 113 cm³/mol. The van der Waals surface area contributed by atoms with E-state index in [0.717, 1.165) is 18.2 Å². The van der Waals surface area contributed by atoms with Crippen molar-refractivity contribution in [3.05, 3.63) is 36.1 Å². The summed E-state index contributed by atoms with van der Waals surface area (Å²) in [5.41, 5.74) is -4.49. The summed E-state index contributed by atoms with van der Waals surface area (Å²) in [6.45, 7) is 1.00. The first-order valence-electron chi connectivity index (χ1n) is 10.0. The second-order valence-electron chi connectivity index (χ2n) is 6.70. The molecule has 6 N–H and O–H groups in total. The predicted octanol–water partition coefficient (Wildman–Crippen LogP) is -0.00800. The van der Waals surface area contributed by atoms with Gasteiger partial charge in [-0.25, -0.2) is 14.4 Å². The van der Waals surface area contributed by atoms with Gasteiger partial charge in [0.25, 0.3) is 0 Å². The number of rotatable bonds is 17. The average Bonchev–Trinajstić information content (AvgIpc) is 2.76. The minimum atomic E-state index is -2.25. The van der Waals surface area contributed by atoms with E-state index in [4.69, 9.17) is 14.2 Å². The van der Waals surface area contributed by atoms with Crippen LogP contribution in [0.5, 0.6) is 0 Å². The summed E-state index contributed by atoms with van der Waals surface area (Å²) in [6, 6.07) is 0. The number of hydrogen-bond acceptors (Lipinski definition) is 9. The van der Waals surface area contributed by atoms with Gasteiger partial charge in [0.2, 0.25) is 11.5 Å². The molecule has 0 aromatic rings. The zero-order chi connectivity index (χ0) is 25.7. The smallest absolute Gasteiger partial charge is 0.370 e. The van der Waals surface area contributed by atoms with E-state index in [1.807, 2.05) is 0 Å². The van der Waals surface area contributed by atoms with E-state index in [2.05, 4.69) is 0 Å². The molecule has 0 rings (SSSR count). The number of carboxylic acid groups (broad SMARTS) is 3. The van der Waals surface area contributed by atoms with Gasteiger partial charge in [-0.1, -0.05) is 12.2 Å². The fourth-order valence-electron chi connectivity index (χ4n) is 3.49. The summed E-state index contributed by atoms with van der Waals surface area (Å²) >= 11 is 0. The van der Waals surface area contributed by atoms with Crippen molar-refractivity contribution < 1.29 is 59.2 Å². The van der Waals surface area contributed by atoms with Crippen molar-refractivity contribution in [2.45, 2.75) is 26.6 Å². The lowest BCUT2D eigenvalue weighted by molar-refractivity contribution is -0.337. The second-order valence-corrected chi connectivity index (χ2v) is 6.70. The number of aliphatic carboxylic acids is 3. The molecule has 0 aliphatic rings. The fraction of sp³-hybridized carbons (Fsp3) is 0.571. The zero-order valence-electron chi connectivity index (χ0n) is 18.8. The van der Waals surface area contributed by atoms with Crippen molar-refractivity contribution in [2.75, 3.05) is 39.6 Å². The highest BCUT2D eigenvalue weighted by Crippen LogP contribution is 2.53. The molecule has 0 atom stereocenters. The van der Waals surface area contributed by atoms with Crippen molar-refractivity contribution >= 4 is 17.9 Å². The minimum absolute atomic E-state index is 0.120. The maximum atomic E-state index is 11.8. The maximum Gasteiger partial charge on any atom is 0.370 e. The number of carbonyl (C=O) groups is 3. The Hall–Kier alpha value is -2.77. The van der Waals surface area contributed by atoms with E-state index in [9.17, 15) is 45.0 Å². The normalized spacial score (nSPS) is 15.0. The van der Waals surface area contributed by atoms with Gasteiger partial charge in [-0.2, -0.15) is 0 Å². The first-order valence-corrected chi connectivity index (χ1v) is 10.0. The first kappa shape index (κ1) is 30.2. The van der Waals surface area contributed by atoms with Gasteiger partial charge in [-0.05, 0) is 26.8 Å². The molecule has 0 fully saturated rings. The molecule has 0 spiro atoms. The van der Waals surface area contributed by atoms with Crippen LogP contribution in [0.25, 0.3) is 0 Å². The van der Waals surface area contributed by atoms with Crippen LogP contribution in [0.2, 0.25) is 0 Å². The number of aliphatic hydroxyl groups excluding tert-OH is 3. The third-order valence-electron chi connectivity index (χ3n) is 4.94. The number of ether oxygens (including phenoxy) is 3. The van der Waals surface area contributed by atoms with Crippen LogP contribution in [-0.2, 0) is 28.6 Å². The number of aliphatic hydroxyl groups is 3. The molecule has 0 saturated heterocycles. The molecule has 0 amide bonds. The Morgan fingerprint density at radius 3 is 1.48 bits per heavy atom. The molecule has 188 valence electrons. The molecule has 0 unspecified atom stereocenters. The molecule has 12 nitrogen and oxygen atoms in total. The molecule has 0 radical (unpaired) electrons.